The monoisotopic (exact) mass is 224 g/mol. The van der Waals surface area contributed by atoms with Gasteiger partial charge >= 0.3 is 0 Å². The smallest absolute Gasteiger partial charge is 0.220 e. The predicted molar refractivity (Wildman–Crippen MR) is 62.6 cm³/mol. The van der Waals surface area contributed by atoms with Crippen LogP contribution < -0.4 is 11.1 Å². The van der Waals surface area contributed by atoms with Gasteiger partial charge in [0.05, 0.1) is 6.20 Å². The summed E-state index contributed by atoms with van der Waals surface area (Å²) in [6.45, 7) is 1.26. The van der Waals surface area contributed by atoms with Crippen LogP contribution in [-0.4, -0.2) is 22.2 Å². The molecule has 90 valence electrons. The fourth-order valence-electron chi connectivity index (χ4n) is 1.46. The molecule has 16 heavy (non-hydrogen) atoms. The molecule has 0 aliphatic carbocycles. The summed E-state index contributed by atoms with van der Waals surface area (Å²) in [7, 11) is 1.86. The lowest BCUT2D eigenvalue weighted by molar-refractivity contribution is -0.121. The van der Waals surface area contributed by atoms with E-state index in [-0.39, 0.29) is 5.91 Å². The molecule has 0 aliphatic rings. The van der Waals surface area contributed by atoms with E-state index in [0.717, 1.165) is 24.8 Å². The molecule has 3 N–H and O–H groups in total. The number of hydrogen-bond donors (Lipinski definition) is 2. The zero-order valence-electron chi connectivity index (χ0n) is 9.78. The number of aryl methyl sites for hydroxylation is 1. The lowest BCUT2D eigenvalue weighted by Crippen LogP contribution is -2.22. The van der Waals surface area contributed by atoms with E-state index in [1.165, 1.54) is 0 Å². The van der Waals surface area contributed by atoms with Gasteiger partial charge in [0.15, 0.2) is 0 Å². The van der Waals surface area contributed by atoms with Crippen molar-refractivity contribution in [1.29, 1.82) is 0 Å². The Hall–Kier alpha value is -1.36. The Balaban J connectivity index is 2.10. The van der Waals surface area contributed by atoms with E-state index in [9.17, 15) is 4.79 Å². The first kappa shape index (κ1) is 12.7. The summed E-state index contributed by atoms with van der Waals surface area (Å²) in [4.78, 5) is 11.4. The molecule has 0 saturated carbocycles. The second-order valence-electron chi connectivity index (χ2n) is 3.90. The van der Waals surface area contributed by atoms with Gasteiger partial charge in [-0.25, -0.2) is 0 Å². The molecular formula is C11H20N4O. The quantitative estimate of drug-likeness (QED) is 0.664. The van der Waals surface area contributed by atoms with Gasteiger partial charge in [-0.05, 0) is 19.4 Å². The first-order valence-electron chi connectivity index (χ1n) is 5.66. The topological polar surface area (TPSA) is 72.9 Å². The van der Waals surface area contributed by atoms with Gasteiger partial charge in [-0.1, -0.05) is 6.42 Å². The normalized spacial score (nSPS) is 10.4. The molecule has 0 radical (unpaired) electrons. The molecule has 5 heteroatoms. The maximum Gasteiger partial charge on any atom is 0.220 e. The average Bonchev–Trinajstić information content (AvgIpc) is 2.68. The summed E-state index contributed by atoms with van der Waals surface area (Å²) < 4.78 is 1.72. The van der Waals surface area contributed by atoms with Crippen molar-refractivity contribution >= 4 is 5.91 Å². The largest absolute Gasteiger partial charge is 0.352 e. The Morgan fingerprint density at radius 1 is 1.50 bits per heavy atom. The zero-order chi connectivity index (χ0) is 11.8. The predicted octanol–water partition coefficient (Wildman–Crippen LogP) is 0.555. The number of unbranched alkanes of at least 4 members (excludes halogenated alkanes) is 2. The third kappa shape index (κ3) is 4.93. The van der Waals surface area contributed by atoms with Crippen molar-refractivity contribution in [3.8, 4) is 0 Å². The molecule has 0 bridgehead atoms. The van der Waals surface area contributed by atoms with Crippen molar-refractivity contribution in [1.82, 2.24) is 15.1 Å². The van der Waals surface area contributed by atoms with Crippen LogP contribution in [0.15, 0.2) is 12.4 Å². The van der Waals surface area contributed by atoms with Crippen LogP contribution in [0.5, 0.6) is 0 Å². The summed E-state index contributed by atoms with van der Waals surface area (Å²) >= 11 is 0. The number of aromatic nitrogens is 2. The third-order valence-corrected chi connectivity index (χ3v) is 2.36. The standard InChI is InChI=1S/C11H20N4O/c1-15-9-10(8-14-15)7-13-11(16)5-3-2-4-6-12/h8-9H,2-7,12H2,1H3,(H,13,16). The maximum atomic E-state index is 11.4. The summed E-state index contributed by atoms with van der Waals surface area (Å²) in [5.41, 5.74) is 6.40. The molecule has 1 amide bonds. The number of nitrogens with zero attached hydrogens (tertiary/aromatic N) is 2. The van der Waals surface area contributed by atoms with Crippen molar-refractivity contribution in [2.45, 2.75) is 32.2 Å². The fraction of sp³-hybridized carbons (Fsp3) is 0.636. The maximum absolute atomic E-state index is 11.4. The van der Waals surface area contributed by atoms with Crippen molar-refractivity contribution in [2.75, 3.05) is 6.54 Å². The molecule has 1 heterocycles. The van der Waals surface area contributed by atoms with E-state index < -0.39 is 0 Å². The molecule has 0 fully saturated rings. The van der Waals surface area contributed by atoms with E-state index in [2.05, 4.69) is 10.4 Å². The Morgan fingerprint density at radius 3 is 2.94 bits per heavy atom. The number of amides is 1. The van der Waals surface area contributed by atoms with Gasteiger partial charge < -0.3 is 11.1 Å². The molecule has 0 saturated heterocycles. The summed E-state index contributed by atoms with van der Waals surface area (Å²) in [6.07, 6.45) is 7.17. The molecule has 0 atom stereocenters. The van der Waals surface area contributed by atoms with E-state index in [1.807, 2.05) is 13.2 Å². The fourth-order valence-corrected chi connectivity index (χ4v) is 1.46. The SMILES string of the molecule is Cn1cc(CNC(=O)CCCCCN)cn1. The number of carbonyl (C=O) groups excluding carboxylic acids is 1. The molecule has 0 unspecified atom stereocenters. The van der Waals surface area contributed by atoms with E-state index >= 15 is 0 Å². The van der Waals surface area contributed by atoms with Gasteiger partial charge in [-0.3, -0.25) is 9.48 Å². The van der Waals surface area contributed by atoms with Gasteiger partial charge in [0.2, 0.25) is 5.91 Å². The van der Waals surface area contributed by atoms with Crippen LogP contribution in [0.25, 0.3) is 0 Å². The Labute approximate surface area is 96.0 Å². The van der Waals surface area contributed by atoms with Crippen molar-refractivity contribution in [3.05, 3.63) is 18.0 Å². The highest BCUT2D eigenvalue weighted by Crippen LogP contribution is 2.00. The van der Waals surface area contributed by atoms with Crippen molar-refractivity contribution in [3.63, 3.8) is 0 Å². The van der Waals surface area contributed by atoms with Crippen LogP contribution in [0.1, 0.15) is 31.2 Å². The molecular weight excluding hydrogens is 204 g/mol. The minimum Gasteiger partial charge on any atom is -0.352 e. The average molecular weight is 224 g/mol. The molecule has 0 aliphatic heterocycles. The van der Waals surface area contributed by atoms with E-state index in [1.54, 1.807) is 10.9 Å². The van der Waals surface area contributed by atoms with Crippen LogP contribution in [-0.2, 0) is 18.4 Å². The van der Waals surface area contributed by atoms with Crippen molar-refractivity contribution < 1.29 is 4.79 Å². The highest BCUT2D eigenvalue weighted by Gasteiger charge is 2.01. The number of nitrogens with one attached hydrogen (secondary N) is 1. The minimum absolute atomic E-state index is 0.0980. The molecule has 0 spiro atoms. The Bertz CT molecular complexity index is 322. The van der Waals surface area contributed by atoms with Gasteiger partial charge in [0.1, 0.15) is 0 Å². The van der Waals surface area contributed by atoms with E-state index in [0.29, 0.717) is 19.5 Å². The summed E-state index contributed by atoms with van der Waals surface area (Å²) in [5, 5.41) is 6.90. The van der Waals surface area contributed by atoms with Crippen LogP contribution in [0.2, 0.25) is 0 Å². The van der Waals surface area contributed by atoms with E-state index in [4.69, 9.17) is 5.73 Å². The highest BCUT2D eigenvalue weighted by atomic mass is 16.1. The van der Waals surface area contributed by atoms with Crippen molar-refractivity contribution in [2.24, 2.45) is 12.8 Å². The van der Waals surface area contributed by atoms with Crippen LogP contribution in [0.4, 0.5) is 0 Å². The van der Waals surface area contributed by atoms with Gasteiger partial charge in [0.25, 0.3) is 0 Å². The summed E-state index contributed by atoms with van der Waals surface area (Å²) in [5.74, 6) is 0.0980. The Morgan fingerprint density at radius 2 is 2.31 bits per heavy atom. The molecule has 1 rings (SSSR count). The third-order valence-electron chi connectivity index (χ3n) is 2.36. The first-order chi connectivity index (χ1) is 7.72. The van der Waals surface area contributed by atoms with Crippen LogP contribution in [0, 0.1) is 0 Å². The first-order valence-corrected chi connectivity index (χ1v) is 5.66. The second-order valence-corrected chi connectivity index (χ2v) is 3.90. The Kier molecular flexibility index (Phi) is 5.56. The van der Waals surface area contributed by atoms with Crippen LogP contribution >= 0.6 is 0 Å². The number of rotatable bonds is 7. The molecule has 0 aromatic carbocycles. The minimum atomic E-state index is 0.0980. The molecule has 1 aromatic heterocycles. The van der Waals surface area contributed by atoms with Gasteiger partial charge in [0, 0.05) is 31.8 Å². The number of hydrogen-bond acceptors (Lipinski definition) is 3. The second kappa shape index (κ2) is 7.00. The molecule has 5 nitrogen and oxygen atoms in total. The molecule has 1 aromatic rings. The summed E-state index contributed by atoms with van der Waals surface area (Å²) in [6, 6.07) is 0. The number of carbonyl (C=O) groups is 1. The van der Waals surface area contributed by atoms with Gasteiger partial charge in [-0.15, -0.1) is 0 Å². The van der Waals surface area contributed by atoms with Gasteiger partial charge in [-0.2, -0.15) is 5.10 Å². The lowest BCUT2D eigenvalue weighted by Gasteiger charge is -2.03. The van der Waals surface area contributed by atoms with Crippen LogP contribution in [0.3, 0.4) is 0 Å². The lowest BCUT2D eigenvalue weighted by atomic mass is 10.2. The zero-order valence-corrected chi connectivity index (χ0v) is 9.78. The number of nitrogens with two attached hydrogens (primary N) is 1. The highest BCUT2D eigenvalue weighted by molar-refractivity contribution is 5.75.